The largest absolute Gasteiger partial charge is 0.481 e. The van der Waals surface area contributed by atoms with Crippen molar-refractivity contribution in [2.45, 2.75) is 84.1 Å². The van der Waals surface area contributed by atoms with E-state index in [0.29, 0.717) is 30.0 Å². The summed E-state index contributed by atoms with van der Waals surface area (Å²) in [6.07, 6.45) is 5.65. The Bertz CT molecular complexity index is 1480. The zero-order chi connectivity index (χ0) is 31.4. The molecule has 1 atom stereocenters. The van der Waals surface area contributed by atoms with E-state index in [0.717, 1.165) is 73.8 Å². The highest BCUT2D eigenvalue weighted by atomic mass is 19.4. The van der Waals surface area contributed by atoms with Crippen LogP contribution >= 0.6 is 0 Å². The third-order valence-electron chi connectivity index (χ3n) is 8.87. The van der Waals surface area contributed by atoms with Gasteiger partial charge in [0.25, 0.3) is 5.95 Å². The van der Waals surface area contributed by atoms with Crippen LogP contribution < -0.4 is 9.80 Å². The summed E-state index contributed by atoms with van der Waals surface area (Å²) in [5, 5.41) is 21.9. The maximum absolute atomic E-state index is 13.5. The van der Waals surface area contributed by atoms with E-state index in [1.807, 2.05) is 30.9 Å². The van der Waals surface area contributed by atoms with Gasteiger partial charge in [0.1, 0.15) is 5.82 Å². The second-order valence-corrected chi connectivity index (χ2v) is 12.1. The molecule has 2 fully saturated rings. The van der Waals surface area contributed by atoms with Gasteiger partial charge in [0.2, 0.25) is 0 Å². The monoisotopic (exact) mass is 611 g/mol. The fraction of sp³-hybridized carbons (Fsp3) is 0.531. The molecule has 1 aliphatic heterocycles. The average Bonchev–Trinajstić information content (AvgIpc) is 3.63. The van der Waals surface area contributed by atoms with Gasteiger partial charge < -0.3 is 14.9 Å². The highest BCUT2D eigenvalue weighted by Gasteiger charge is 2.37. The van der Waals surface area contributed by atoms with Crippen LogP contribution in [0.4, 0.5) is 24.9 Å². The SMILES string of the molecule is C/C=C\c1nc(N2CCC[C@@H]2[C@H]2CC[C@H](CC(=O)O)CC2)c(CN(Cc2cccc(C(F)(F)F)c2)c2nnn(C)n2)cc1C. The fourth-order valence-electron chi connectivity index (χ4n) is 6.81. The van der Waals surface area contributed by atoms with Gasteiger partial charge in [0.15, 0.2) is 0 Å². The number of hydrogen-bond donors (Lipinski definition) is 1. The van der Waals surface area contributed by atoms with Gasteiger partial charge in [-0.3, -0.25) is 4.79 Å². The molecule has 0 amide bonds. The number of anilines is 2. The summed E-state index contributed by atoms with van der Waals surface area (Å²) in [5.41, 5.74) is 2.61. The number of hydrogen-bond acceptors (Lipinski definition) is 7. The van der Waals surface area contributed by atoms with Crippen LogP contribution in [0.1, 0.15) is 79.8 Å². The highest BCUT2D eigenvalue weighted by Crippen LogP contribution is 2.40. The number of aromatic nitrogens is 5. The number of rotatable bonds is 10. The Morgan fingerprint density at radius 1 is 1.14 bits per heavy atom. The number of halogens is 3. The number of pyridine rings is 1. The van der Waals surface area contributed by atoms with Crippen molar-refractivity contribution in [3.63, 3.8) is 0 Å². The zero-order valence-electron chi connectivity index (χ0n) is 25.5. The molecule has 0 bridgehead atoms. The molecule has 44 heavy (non-hydrogen) atoms. The van der Waals surface area contributed by atoms with Crippen LogP contribution in [0, 0.1) is 18.8 Å². The first-order valence-corrected chi connectivity index (χ1v) is 15.3. The molecule has 1 saturated heterocycles. The second kappa shape index (κ2) is 13.4. The van der Waals surface area contributed by atoms with Crippen LogP contribution in [-0.4, -0.2) is 48.9 Å². The summed E-state index contributed by atoms with van der Waals surface area (Å²) >= 11 is 0. The lowest BCUT2D eigenvalue weighted by atomic mass is 9.76. The minimum Gasteiger partial charge on any atom is -0.481 e. The summed E-state index contributed by atoms with van der Waals surface area (Å²) < 4.78 is 40.6. The van der Waals surface area contributed by atoms with Gasteiger partial charge in [-0.2, -0.15) is 18.0 Å². The first-order valence-electron chi connectivity index (χ1n) is 15.3. The van der Waals surface area contributed by atoms with Gasteiger partial charge in [-0.25, -0.2) is 4.98 Å². The number of tetrazole rings is 1. The number of allylic oxidation sites excluding steroid dienone is 1. The maximum Gasteiger partial charge on any atom is 0.416 e. The van der Waals surface area contributed by atoms with E-state index in [1.165, 1.54) is 16.9 Å². The predicted octanol–water partition coefficient (Wildman–Crippen LogP) is 6.42. The smallest absolute Gasteiger partial charge is 0.416 e. The number of carboxylic acid groups (broad SMARTS) is 1. The molecule has 0 unspecified atom stereocenters. The summed E-state index contributed by atoms with van der Waals surface area (Å²) in [5.74, 6) is 1.15. The van der Waals surface area contributed by atoms with Crippen molar-refractivity contribution >= 4 is 23.8 Å². The summed E-state index contributed by atoms with van der Waals surface area (Å²) in [6.45, 7) is 5.31. The van der Waals surface area contributed by atoms with E-state index in [9.17, 15) is 23.1 Å². The Morgan fingerprint density at radius 3 is 2.57 bits per heavy atom. The molecule has 5 rings (SSSR count). The van der Waals surface area contributed by atoms with Crippen LogP contribution in [0.25, 0.3) is 6.08 Å². The Morgan fingerprint density at radius 2 is 1.91 bits per heavy atom. The lowest BCUT2D eigenvalue weighted by molar-refractivity contribution is -0.139. The molecule has 1 aliphatic carbocycles. The first-order chi connectivity index (χ1) is 21.0. The molecule has 2 aliphatic rings. The third kappa shape index (κ3) is 7.39. The number of aliphatic carboxylic acids is 1. The lowest BCUT2D eigenvalue weighted by Gasteiger charge is -2.38. The van der Waals surface area contributed by atoms with Gasteiger partial charge >= 0.3 is 12.1 Å². The summed E-state index contributed by atoms with van der Waals surface area (Å²) in [4.78, 5) is 22.0. The third-order valence-corrected chi connectivity index (χ3v) is 8.87. The molecule has 0 radical (unpaired) electrons. The van der Waals surface area contributed by atoms with Crippen molar-refractivity contribution in [1.82, 2.24) is 25.2 Å². The van der Waals surface area contributed by atoms with E-state index in [4.69, 9.17) is 4.98 Å². The van der Waals surface area contributed by atoms with Gasteiger partial charge in [-0.05, 0) is 105 Å². The number of nitrogens with zero attached hydrogens (tertiary/aromatic N) is 7. The molecular formula is C32H40F3N7O2. The zero-order valence-corrected chi connectivity index (χ0v) is 25.5. The van der Waals surface area contributed by atoms with E-state index >= 15 is 0 Å². The van der Waals surface area contributed by atoms with Crippen LogP contribution in [-0.2, 0) is 31.1 Å². The molecule has 1 N–H and O–H groups in total. The molecule has 3 heterocycles. The van der Waals surface area contributed by atoms with E-state index < -0.39 is 17.7 Å². The summed E-state index contributed by atoms with van der Waals surface area (Å²) in [6, 6.07) is 7.74. The molecule has 236 valence electrons. The average molecular weight is 612 g/mol. The second-order valence-electron chi connectivity index (χ2n) is 12.1. The maximum atomic E-state index is 13.5. The predicted molar refractivity (Wildman–Crippen MR) is 162 cm³/mol. The van der Waals surface area contributed by atoms with Crippen LogP contribution in [0.3, 0.4) is 0 Å². The molecule has 0 spiro atoms. The lowest BCUT2D eigenvalue weighted by Crippen LogP contribution is -2.39. The van der Waals surface area contributed by atoms with Gasteiger partial charge in [0, 0.05) is 37.7 Å². The van der Waals surface area contributed by atoms with Crippen molar-refractivity contribution in [3.8, 4) is 0 Å². The quantitative estimate of drug-likeness (QED) is 0.280. The van der Waals surface area contributed by atoms with Crippen molar-refractivity contribution in [2.24, 2.45) is 18.9 Å². The number of aryl methyl sites for hydroxylation is 2. The Kier molecular flexibility index (Phi) is 9.55. The number of alkyl halides is 3. The fourth-order valence-corrected chi connectivity index (χ4v) is 6.81. The number of carbonyl (C=O) groups is 1. The van der Waals surface area contributed by atoms with E-state index in [-0.39, 0.29) is 18.9 Å². The normalized spacial score (nSPS) is 20.9. The van der Waals surface area contributed by atoms with Crippen molar-refractivity contribution in [2.75, 3.05) is 16.3 Å². The Hall–Kier alpha value is -3.96. The Balaban J connectivity index is 1.47. The topological polar surface area (TPSA) is 100 Å². The standard InChI is InChI=1S/C32H40F3N7O2/c1-4-7-27-21(2)16-25(30(36-27)42-15-6-10-28(42)24-13-11-22(12-14-24)18-29(43)44)20-41(31-37-39-40(3)38-31)19-23-8-5-9-26(17-23)32(33,34)35/h4-5,7-9,16-17,22,24,28H,6,10-15,18-20H2,1-3H3,(H,43,44)/b7-4-/t22-,24-,28-/m1/s1. The van der Waals surface area contributed by atoms with Crippen LogP contribution in [0.15, 0.2) is 36.4 Å². The van der Waals surface area contributed by atoms with Gasteiger partial charge in [0.05, 0.1) is 18.3 Å². The molecule has 9 nitrogen and oxygen atoms in total. The molecule has 12 heteroatoms. The minimum atomic E-state index is -4.44. The van der Waals surface area contributed by atoms with Crippen LogP contribution in [0.5, 0.6) is 0 Å². The molecule has 3 aromatic rings. The van der Waals surface area contributed by atoms with Crippen LogP contribution in [0.2, 0.25) is 0 Å². The van der Waals surface area contributed by atoms with E-state index in [1.54, 1.807) is 13.1 Å². The van der Waals surface area contributed by atoms with Gasteiger partial charge in [-0.15, -0.1) is 5.10 Å². The van der Waals surface area contributed by atoms with E-state index in [2.05, 4.69) is 26.4 Å². The molecular weight excluding hydrogens is 571 g/mol. The highest BCUT2D eigenvalue weighted by molar-refractivity contribution is 5.67. The first kappa shape index (κ1) is 31.5. The molecule has 1 aromatic carbocycles. The van der Waals surface area contributed by atoms with Crippen molar-refractivity contribution < 1.29 is 23.1 Å². The van der Waals surface area contributed by atoms with Crippen molar-refractivity contribution in [1.29, 1.82) is 0 Å². The van der Waals surface area contributed by atoms with Crippen molar-refractivity contribution in [3.05, 3.63) is 64.4 Å². The summed E-state index contributed by atoms with van der Waals surface area (Å²) in [7, 11) is 1.65. The van der Waals surface area contributed by atoms with Gasteiger partial charge in [-0.1, -0.05) is 23.3 Å². The minimum absolute atomic E-state index is 0.154. The molecule has 2 aromatic heterocycles. The number of carboxylic acids is 1. The molecule has 1 saturated carbocycles. The number of benzene rings is 1. The Labute approximate surface area is 255 Å².